The van der Waals surface area contributed by atoms with Gasteiger partial charge in [-0.15, -0.1) is 0 Å². The zero-order valence-electron chi connectivity index (χ0n) is 28.2. The Labute approximate surface area is 261 Å². The SMILES string of the molecule is CC.CCCC1CCC(C(=O)Nc2ccc(C)c(OC)c2)CC1.CCOC(COc1cc(C)c(CC)c(C=O)c1)OCC. The number of carbonyl (C=O) groups excluding carboxylic acids is 2. The maximum absolute atomic E-state index is 12.4. The van der Waals surface area contributed by atoms with Crippen LogP contribution in [0.5, 0.6) is 11.5 Å². The number of nitrogens with one attached hydrogen (secondary N) is 1. The standard InChI is InChI=1S/C18H27NO2.C16H24O4.C2H6/c1-4-5-14-7-9-15(10-8-14)18(20)19-16-11-6-13(2)17(12-16)21-3;1-5-15-12(4)8-14(9-13(15)10-17)20-11-16(18-6-2)19-7-3;1-2/h6,11-12,14-15H,4-5,7-10H2,1-3H3,(H,19,20);8-10,16H,5-7,11H2,1-4H3;1-2H3. The van der Waals surface area contributed by atoms with Crippen molar-refractivity contribution in [2.45, 2.75) is 107 Å². The van der Waals surface area contributed by atoms with Crippen molar-refractivity contribution in [3.05, 3.63) is 52.6 Å². The van der Waals surface area contributed by atoms with Gasteiger partial charge in [-0.3, -0.25) is 9.59 Å². The summed E-state index contributed by atoms with van der Waals surface area (Å²) in [5, 5.41) is 3.04. The van der Waals surface area contributed by atoms with Crippen molar-refractivity contribution >= 4 is 17.9 Å². The molecule has 7 nitrogen and oxygen atoms in total. The van der Waals surface area contributed by atoms with E-state index in [0.29, 0.717) is 31.1 Å². The lowest BCUT2D eigenvalue weighted by Crippen LogP contribution is -2.27. The number of hydrogen-bond acceptors (Lipinski definition) is 6. The molecule has 2 aromatic carbocycles. The second-order valence-corrected chi connectivity index (χ2v) is 10.6. The number of aryl methyl sites for hydroxylation is 2. The van der Waals surface area contributed by atoms with Crippen LogP contribution in [-0.4, -0.2) is 45.4 Å². The molecular weight excluding hydrogens is 542 g/mol. The summed E-state index contributed by atoms with van der Waals surface area (Å²) >= 11 is 0. The maximum atomic E-state index is 12.4. The average Bonchev–Trinajstić information content (AvgIpc) is 3.02. The Hall–Kier alpha value is -2.90. The molecule has 0 heterocycles. The minimum atomic E-state index is -0.379. The molecule has 0 atom stereocenters. The Kier molecular flexibility index (Phi) is 19.3. The van der Waals surface area contributed by atoms with Crippen LogP contribution in [0.3, 0.4) is 0 Å². The Balaban J connectivity index is 0.000000407. The first-order valence-electron chi connectivity index (χ1n) is 16.2. The van der Waals surface area contributed by atoms with E-state index in [0.717, 1.165) is 59.6 Å². The van der Waals surface area contributed by atoms with Crippen LogP contribution in [0.2, 0.25) is 0 Å². The highest BCUT2D eigenvalue weighted by Crippen LogP contribution is 2.32. The molecule has 1 fully saturated rings. The van der Waals surface area contributed by atoms with Gasteiger partial charge in [0.15, 0.2) is 6.29 Å². The topological polar surface area (TPSA) is 83.1 Å². The summed E-state index contributed by atoms with van der Waals surface area (Å²) in [6.45, 7) is 17.5. The van der Waals surface area contributed by atoms with Gasteiger partial charge in [0, 0.05) is 36.4 Å². The minimum Gasteiger partial charge on any atom is -0.496 e. The molecule has 0 aliphatic heterocycles. The van der Waals surface area contributed by atoms with Gasteiger partial charge < -0.3 is 24.3 Å². The molecule has 0 bridgehead atoms. The Morgan fingerprint density at radius 2 is 1.60 bits per heavy atom. The average molecular weight is 600 g/mol. The van der Waals surface area contributed by atoms with Crippen LogP contribution in [0.15, 0.2) is 30.3 Å². The van der Waals surface area contributed by atoms with Gasteiger partial charge in [-0.05, 0) is 101 Å². The fraction of sp³-hybridized carbons (Fsp3) is 0.611. The third-order valence-electron chi connectivity index (χ3n) is 7.64. The van der Waals surface area contributed by atoms with Gasteiger partial charge in [0.25, 0.3) is 0 Å². The largest absolute Gasteiger partial charge is 0.496 e. The number of hydrogen-bond donors (Lipinski definition) is 1. The molecule has 3 rings (SSSR count). The molecule has 1 N–H and O–H groups in total. The number of rotatable bonds is 14. The van der Waals surface area contributed by atoms with E-state index in [1.807, 2.05) is 72.7 Å². The van der Waals surface area contributed by atoms with Crippen molar-refractivity contribution in [3.63, 3.8) is 0 Å². The van der Waals surface area contributed by atoms with E-state index < -0.39 is 0 Å². The minimum absolute atomic E-state index is 0.163. The highest BCUT2D eigenvalue weighted by Gasteiger charge is 2.26. The quantitative estimate of drug-likeness (QED) is 0.173. The predicted octanol–water partition coefficient (Wildman–Crippen LogP) is 8.72. The number of benzene rings is 2. The molecule has 2 aromatic rings. The Bertz CT molecular complexity index is 1070. The lowest BCUT2D eigenvalue weighted by molar-refractivity contribution is -0.152. The molecule has 43 heavy (non-hydrogen) atoms. The van der Waals surface area contributed by atoms with Gasteiger partial charge in [0.2, 0.25) is 5.91 Å². The third-order valence-corrected chi connectivity index (χ3v) is 7.64. The molecule has 1 saturated carbocycles. The summed E-state index contributed by atoms with van der Waals surface area (Å²) in [5.74, 6) is 2.66. The predicted molar refractivity (Wildman–Crippen MR) is 177 cm³/mol. The van der Waals surface area contributed by atoms with E-state index in [1.54, 1.807) is 13.2 Å². The number of ether oxygens (including phenoxy) is 4. The molecule has 0 spiro atoms. The normalized spacial score (nSPS) is 15.9. The van der Waals surface area contributed by atoms with Crippen molar-refractivity contribution in [2.75, 3.05) is 32.2 Å². The smallest absolute Gasteiger partial charge is 0.227 e. The summed E-state index contributed by atoms with van der Waals surface area (Å²) in [4.78, 5) is 23.5. The Morgan fingerprint density at radius 1 is 0.953 bits per heavy atom. The molecule has 0 radical (unpaired) electrons. The molecule has 7 heteroatoms. The van der Waals surface area contributed by atoms with Crippen molar-refractivity contribution < 1.29 is 28.5 Å². The van der Waals surface area contributed by atoms with Crippen LogP contribution in [0.25, 0.3) is 0 Å². The fourth-order valence-corrected chi connectivity index (χ4v) is 5.43. The van der Waals surface area contributed by atoms with Gasteiger partial charge in [-0.1, -0.05) is 46.6 Å². The number of amides is 1. The first-order chi connectivity index (χ1) is 20.8. The lowest BCUT2D eigenvalue weighted by Gasteiger charge is -2.27. The van der Waals surface area contributed by atoms with E-state index >= 15 is 0 Å². The number of anilines is 1. The lowest BCUT2D eigenvalue weighted by atomic mass is 9.80. The molecule has 0 unspecified atom stereocenters. The highest BCUT2D eigenvalue weighted by atomic mass is 16.7. The van der Waals surface area contributed by atoms with Crippen molar-refractivity contribution in [1.29, 1.82) is 0 Å². The van der Waals surface area contributed by atoms with E-state index in [-0.39, 0.29) is 18.1 Å². The van der Waals surface area contributed by atoms with Gasteiger partial charge in [-0.2, -0.15) is 0 Å². The van der Waals surface area contributed by atoms with E-state index in [4.69, 9.17) is 18.9 Å². The first-order valence-corrected chi connectivity index (χ1v) is 16.2. The molecule has 0 saturated heterocycles. The van der Waals surface area contributed by atoms with Crippen LogP contribution >= 0.6 is 0 Å². The van der Waals surface area contributed by atoms with Gasteiger partial charge in [0.05, 0.1) is 7.11 Å². The van der Waals surface area contributed by atoms with Crippen LogP contribution in [0, 0.1) is 25.7 Å². The van der Waals surface area contributed by atoms with Crippen LogP contribution in [0.4, 0.5) is 5.69 Å². The second kappa shape index (κ2) is 21.7. The number of carbonyl (C=O) groups is 2. The van der Waals surface area contributed by atoms with Crippen molar-refractivity contribution in [3.8, 4) is 11.5 Å². The zero-order chi connectivity index (χ0) is 32.2. The molecule has 1 aliphatic rings. The maximum Gasteiger partial charge on any atom is 0.227 e. The summed E-state index contributed by atoms with van der Waals surface area (Å²) in [5.41, 5.74) is 4.73. The third kappa shape index (κ3) is 13.1. The van der Waals surface area contributed by atoms with E-state index in [1.165, 1.54) is 25.7 Å². The molecule has 0 aromatic heterocycles. The summed E-state index contributed by atoms with van der Waals surface area (Å²) < 4.78 is 21.8. The van der Waals surface area contributed by atoms with Crippen LogP contribution in [-0.2, 0) is 20.7 Å². The zero-order valence-corrected chi connectivity index (χ0v) is 28.2. The summed E-state index contributed by atoms with van der Waals surface area (Å²) in [6.07, 6.45) is 8.34. The molecule has 1 amide bonds. The fourth-order valence-electron chi connectivity index (χ4n) is 5.43. The summed E-state index contributed by atoms with van der Waals surface area (Å²) in [7, 11) is 1.66. The van der Waals surface area contributed by atoms with Crippen LogP contribution < -0.4 is 14.8 Å². The molecular formula is C36H57NO6. The first kappa shape index (κ1) is 38.1. The van der Waals surface area contributed by atoms with Gasteiger partial charge in [-0.25, -0.2) is 0 Å². The monoisotopic (exact) mass is 599 g/mol. The van der Waals surface area contributed by atoms with E-state index in [9.17, 15) is 9.59 Å². The van der Waals surface area contributed by atoms with E-state index in [2.05, 4.69) is 12.2 Å². The van der Waals surface area contributed by atoms with Crippen molar-refractivity contribution in [1.82, 2.24) is 0 Å². The summed E-state index contributed by atoms with van der Waals surface area (Å²) in [6, 6.07) is 9.54. The van der Waals surface area contributed by atoms with Gasteiger partial charge in [0.1, 0.15) is 24.4 Å². The second-order valence-electron chi connectivity index (χ2n) is 10.6. The van der Waals surface area contributed by atoms with Crippen LogP contribution in [0.1, 0.15) is 107 Å². The Morgan fingerprint density at radius 3 is 2.14 bits per heavy atom. The highest BCUT2D eigenvalue weighted by molar-refractivity contribution is 5.92. The number of aldehydes is 1. The molecule has 242 valence electrons. The van der Waals surface area contributed by atoms with Gasteiger partial charge >= 0.3 is 0 Å². The van der Waals surface area contributed by atoms with Crippen molar-refractivity contribution in [2.24, 2.45) is 11.8 Å². The number of methoxy groups -OCH3 is 1. The molecule has 1 aliphatic carbocycles.